The van der Waals surface area contributed by atoms with Crippen molar-refractivity contribution in [2.24, 2.45) is 172 Å². The van der Waals surface area contributed by atoms with E-state index in [9.17, 15) is 22.0 Å². The monoisotopic (exact) mass is 1740 g/mol. The van der Waals surface area contributed by atoms with E-state index in [0.717, 1.165) is 136 Å². The van der Waals surface area contributed by atoms with Crippen LogP contribution in [0, 0.1) is 172 Å². The molecule has 122 heavy (non-hydrogen) atoms. The van der Waals surface area contributed by atoms with Crippen molar-refractivity contribution in [3.05, 3.63) is 34.9 Å². The molecule has 15 atom stereocenters. The van der Waals surface area contributed by atoms with Gasteiger partial charge in [-0.25, -0.2) is 8.78 Å². The summed E-state index contributed by atoms with van der Waals surface area (Å²) in [6.07, 6.45) is 56.8. The lowest BCUT2D eigenvalue weighted by Gasteiger charge is -2.67. The van der Waals surface area contributed by atoms with Crippen molar-refractivity contribution in [1.82, 2.24) is 4.90 Å². The zero-order valence-corrected chi connectivity index (χ0v) is 84.9. The van der Waals surface area contributed by atoms with Gasteiger partial charge in [0.15, 0.2) is 0 Å². The quantitative estimate of drug-likeness (QED) is 0.111. The molecule has 1 heterocycles. The van der Waals surface area contributed by atoms with Gasteiger partial charge >= 0.3 is 6.18 Å². The minimum Gasteiger partial charge on any atom is -0.378 e. The first kappa shape index (κ1) is 97.4. The van der Waals surface area contributed by atoms with Gasteiger partial charge in [0.1, 0.15) is 0 Å². The number of fused-ring (bicyclic) bond motifs is 5. The maximum Gasteiger partial charge on any atom is 0.401 e. The number of hydrogen-bond donors (Lipinski definition) is 0. The molecule has 0 radical (unpaired) electrons. The number of hydrogen-bond acceptors (Lipinski definition) is 2. The van der Waals surface area contributed by atoms with Gasteiger partial charge < -0.3 is 4.74 Å². The summed E-state index contributed by atoms with van der Waals surface area (Å²) in [5, 5.41) is 0. The van der Waals surface area contributed by atoms with Crippen LogP contribution in [0.3, 0.4) is 0 Å². The Morgan fingerprint density at radius 3 is 1.44 bits per heavy atom. The normalized spacial score (nSPS) is 45.3. The molecule has 9 heteroatoms. The van der Waals surface area contributed by atoms with Crippen LogP contribution in [-0.4, -0.2) is 52.5 Å². The molecule has 25 aliphatic carbocycles. The molecule has 25 fully saturated rings. The van der Waals surface area contributed by atoms with E-state index in [1.807, 2.05) is 19.2 Å². The molecule has 1 aromatic rings. The minimum absolute atomic E-state index is 0.194. The van der Waals surface area contributed by atoms with Gasteiger partial charge in [0.25, 0.3) is 5.92 Å². The van der Waals surface area contributed by atoms with Crippen molar-refractivity contribution in [3.8, 4) is 0 Å². The number of rotatable bonds is 13. The van der Waals surface area contributed by atoms with Gasteiger partial charge in [-0.1, -0.05) is 210 Å². The number of alkyl halides is 7. The largest absolute Gasteiger partial charge is 0.401 e. The Morgan fingerprint density at radius 2 is 0.992 bits per heavy atom. The number of ether oxygens (including phenoxy) is 1. The number of benzene rings is 1. The van der Waals surface area contributed by atoms with E-state index < -0.39 is 18.6 Å². The maximum absolute atomic E-state index is 14.1. The second-order valence-corrected chi connectivity index (χ2v) is 57.0. The lowest BCUT2D eigenvalue weighted by molar-refractivity contribution is -0.246. The van der Waals surface area contributed by atoms with Gasteiger partial charge in [-0.3, -0.25) is 4.90 Å². The summed E-state index contributed by atoms with van der Waals surface area (Å²) < 4.78 is 71.2. The second kappa shape index (κ2) is 35.0. The van der Waals surface area contributed by atoms with Crippen molar-refractivity contribution < 1.29 is 26.7 Å². The van der Waals surface area contributed by atoms with Crippen LogP contribution in [0.2, 0.25) is 0 Å². The van der Waals surface area contributed by atoms with E-state index in [1.165, 1.54) is 254 Å². The minimum atomic E-state index is -4.10. The second-order valence-electron chi connectivity index (χ2n) is 55.4. The summed E-state index contributed by atoms with van der Waals surface area (Å²) in [7, 11) is 1.95. The molecule has 22 bridgehead atoms. The molecule has 27 rings (SSSR count). The summed E-state index contributed by atoms with van der Waals surface area (Å²) in [5.74, 6) is 12.1. The average molecular weight is 1740 g/mol. The molecular formula is C113H188Cl2F5NO. The zero-order chi connectivity index (χ0) is 88.8. The standard InChI is InChI=1S/C19H36.C15H26O.C15H26.C14H18F3N.C14H22F2.2C13H21Cl.C10H18/c1-16(2)8-6-7-9-18-10-13-19(14-11-18,15-12-18)17(3,4)5;1-11(2)14-6-12-5-13(3,8-14)9-15(7-12,10-14)16-4;1-11(2)15-7-12-5-13(3,9-15)8-14(4,6-12)10-15;1-10(2)11-3-4-13-8-18(9-14(15,16)17)6-5-12(13)7-11;1-12(2,3)13-6-9-4-10(7-13)14(15,16)11(5-9)8-13;1-9(2)12-4-10-3-11(5-12)7-13(14,6-10)8-12;1-8(2)12-11-4-9-3-10(5-11)7-13(12,14)6-9;1-8(2)10-6-4-3-5-9(10)7-10/h16H,6-15H2,1-5H3;11-12H,5-10H2,1-4H3;11-12H,5-10H2,1-4H3;3-4,7,10H,5-6,8-9H2,1-2H3;9-11H,4-8H2,1-3H3;9-11H,3-8H2,1-2H3;8-12H,3-7H2,1-2H3;8-9H,3-7H2,1-2H3. The lowest BCUT2D eigenvalue weighted by atomic mass is 9.38. The molecule has 0 aromatic heterocycles. The van der Waals surface area contributed by atoms with Crippen LogP contribution in [0.25, 0.3) is 0 Å². The molecule has 700 valence electrons. The fourth-order valence-corrected chi connectivity index (χ4v) is 38.5. The van der Waals surface area contributed by atoms with Crippen LogP contribution in [0.4, 0.5) is 22.0 Å². The molecule has 15 unspecified atom stereocenters. The number of unbranched alkanes of at least 4 members (excludes halogenated alkanes) is 1. The van der Waals surface area contributed by atoms with Gasteiger partial charge in [-0.05, 0) is 433 Å². The summed E-state index contributed by atoms with van der Waals surface area (Å²) in [4.78, 5) is 1.90. The summed E-state index contributed by atoms with van der Waals surface area (Å²) in [6.45, 7) is 55.1. The van der Waals surface area contributed by atoms with Gasteiger partial charge in [0, 0.05) is 41.8 Å². The van der Waals surface area contributed by atoms with Crippen LogP contribution in [0.5, 0.6) is 0 Å². The SMILES string of the molecule is CC(C)(C)C12CC3CC(C1)C(F)(F)C(C3)C2.CC(C)C12CC3CC(C)(CC(C)(C3)C1)C2.CC(C)C12CC3CC(CC(Cl)(C3)C1)C2.CC(C)C12CCCCC1C2.CC(C)C1C2CC3CC(C2)CC1(Cl)C3.CC(C)CCCCC12CCC(C(C)(C)C)(CC1)CC2.CC(C)c1ccc2c(c1)CCN(CC(F)(F)F)C2.COC12CC3CC(C)(C1)CC(C(C)C)(C3)C2. The van der Waals surface area contributed by atoms with Gasteiger partial charge in [0.05, 0.1) is 12.1 Å². The smallest absolute Gasteiger partial charge is 0.378 e. The first-order valence-electron chi connectivity index (χ1n) is 52.7. The van der Waals surface area contributed by atoms with Crippen molar-refractivity contribution in [3.63, 3.8) is 0 Å². The molecule has 0 spiro atoms. The van der Waals surface area contributed by atoms with Crippen LogP contribution in [-0.2, 0) is 17.7 Å². The highest BCUT2D eigenvalue weighted by Gasteiger charge is 2.68. The predicted molar refractivity (Wildman–Crippen MR) is 507 cm³/mol. The van der Waals surface area contributed by atoms with E-state index >= 15 is 0 Å². The van der Waals surface area contributed by atoms with Gasteiger partial charge in [-0.15, -0.1) is 23.2 Å². The number of methoxy groups -OCH3 is 1. The third kappa shape index (κ3) is 20.1. The predicted octanol–water partition coefficient (Wildman–Crippen LogP) is 35.0. The van der Waals surface area contributed by atoms with E-state index in [1.54, 1.807) is 12.8 Å². The Balaban J connectivity index is 0.000000114. The highest BCUT2D eigenvalue weighted by Crippen LogP contribution is 2.75. The first-order valence-corrected chi connectivity index (χ1v) is 53.5. The van der Waals surface area contributed by atoms with E-state index in [2.05, 4.69) is 165 Å². The summed E-state index contributed by atoms with van der Waals surface area (Å²) in [6, 6.07) is 6.15. The fourth-order valence-electron chi connectivity index (χ4n) is 36.9. The van der Waals surface area contributed by atoms with Crippen molar-refractivity contribution in [2.75, 3.05) is 20.2 Å². The third-order valence-corrected chi connectivity index (χ3v) is 43.0. The van der Waals surface area contributed by atoms with E-state index in [0.29, 0.717) is 69.3 Å². The Labute approximate surface area is 758 Å². The first-order chi connectivity index (χ1) is 56.5. The van der Waals surface area contributed by atoms with E-state index in [4.69, 9.17) is 27.9 Å². The molecule has 26 aliphatic rings. The highest BCUT2D eigenvalue weighted by atomic mass is 35.5. The summed E-state index contributed by atoms with van der Waals surface area (Å²) in [5.41, 5.74) is 10.9. The Hall–Kier alpha value is -0.630. The molecule has 2 nitrogen and oxygen atoms in total. The van der Waals surface area contributed by atoms with E-state index in [-0.39, 0.29) is 38.0 Å². The molecule has 1 aromatic carbocycles. The maximum atomic E-state index is 14.1. The zero-order valence-electron chi connectivity index (χ0n) is 83.4. The van der Waals surface area contributed by atoms with Crippen LogP contribution >= 0.6 is 23.2 Å². The van der Waals surface area contributed by atoms with Crippen LogP contribution < -0.4 is 0 Å². The molecule has 0 saturated heterocycles. The molecule has 0 N–H and O–H groups in total. The van der Waals surface area contributed by atoms with Crippen LogP contribution in [0.1, 0.15) is 458 Å². The number of nitrogens with zero attached hydrogens (tertiary/aromatic N) is 1. The topological polar surface area (TPSA) is 12.5 Å². The van der Waals surface area contributed by atoms with Crippen molar-refractivity contribution in [1.29, 1.82) is 0 Å². The Bertz CT molecular complexity index is 3590. The fraction of sp³-hybridized carbons (Fsp3) is 0.947. The molecule has 0 amide bonds. The molecule has 1 aliphatic heterocycles. The highest BCUT2D eigenvalue weighted by molar-refractivity contribution is 6.24. The average Bonchev–Trinajstić information content (AvgIpc) is 1.15. The van der Waals surface area contributed by atoms with Crippen LogP contribution in [0.15, 0.2) is 18.2 Å². The van der Waals surface area contributed by atoms with Gasteiger partial charge in [-0.2, -0.15) is 13.2 Å². The number of halogens is 7. The summed E-state index contributed by atoms with van der Waals surface area (Å²) >= 11 is 13.7. The molecule has 25 saturated carbocycles. The Morgan fingerprint density at radius 1 is 0.475 bits per heavy atom. The Kier molecular flexibility index (Phi) is 27.9. The van der Waals surface area contributed by atoms with Crippen molar-refractivity contribution >= 4 is 23.2 Å². The third-order valence-electron chi connectivity index (χ3n) is 42.0. The van der Waals surface area contributed by atoms with Gasteiger partial charge in [0.2, 0.25) is 0 Å². The lowest BCUT2D eigenvalue weighted by Crippen LogP contribution is -2.61. The van der Waals surface area contributed by atoms with Crippen molar-refractivity contribution in [2.45, 2.75) is 482 Å². The molecular weight excluding hydrogens is 1550 g/mol.